The number of hydrogen-bond donors (Lipinski definition) is 4. The first-order valence-electron chi connectivity index (χ1n) is 10.0. The number of nitrogens with one attached hydrogen (secondary N) is 2. The molecule has 2 aromatic rings. The molecule has 8 nitrogen and oxygen atoms in total. The lowest BCUT2D eigenvalue weighted by molar-refractivity contribution is 0.262. The molecule has 0 radical (unpaired) electrons. The zero-order valence-electron chi connectivity index (χ0n) is 17.5. The van der Waals surface area contributed by atoms with Gasteiger partial charge in [-0.15, -0.1) is 5.10 Å². The number of rotatable bonds is 10. The highest BCUT2D eigenvalue weighted by molar-refractivity contribution is 6.01. The Morgan fingerprint density at radius 2 is 1.50 bits per heavy atom. The van der Waals surface area contributed by atoms with Crippen LogP contribution in [0.5, 0.6) is 5.75 Å². The summed E-state index contributed by atoms with van der Waals surface area (Å²) in [6.07, 6.45) is 4.67. The van der Waals surface area contributed by atoms with Gasteiger partial charge in [-0.2, -0.15) is 5.10 Å². The largest absolute Gasteiger partial charge is 0.494 e. The zero-order chi connectivity index (χ0) is 21.8. The molecule has 6 N–H and O–H groups in total. The number of ether oxygens (including phenoxy) is 1. The van der Waals surface area contributed by atoms with Crippen LogP contribution in [0.25, 0.3) is 0 Å². The molecule has 0 aliphatic heterocycles. The van der Waals surface area contributed by atoms with Gasteiger partial charge < -0.3 is 26.8 Å². The van der Waals surface area contributed by atoms with Crippen LogP contribution in [0.3, 0.4) is 0 Å². The summed E-state index contributed by atoms with van der Waals surface area (Å²) in [6, 6.07) is 14.2. The zero-order valence-corrected chi connectivity index (χ0v) is 17.5. The molecule has 0 saturated carbocycles. The molecular weight excluding hydrogens is 380 g/mol. The average molecular weight is 411 g/mol. The lowest BCUT2D eigenvalue weighted by Gasteiger charge is -2.10. The summed E-state index contributed by atoms with van der Waals surface area (Å²) in [5, 5.41) is 13.1. The van der Waals surface area contributed by atoms with Crippen LogP contribution in [0.4, 0.5) is 16.2 Å². The van der Waals surface area contributed by atoms with Crippen molar-refractivity contribution in [2.45, 2.75) is 39.5 Å². The summed E-state index contributed by atoms with van der Waals surface area (Å²) < 4.78 is 5.71. The molecule has 0 unspecified atom stereocenters. The molecule has 0 heterocycles. The fraction of sp³-hybridized carbons (Fsp3) is 0.318. The van der Waals surface area contributed by atoms with Crippen LogP contribution in [-0.4, -0.2) is 24.3 Å². The third-order valence-corrected chi connectivity index (χ3v) is 4.25. The second-order valence-corrected chi connectivity index (χ2v) is 6.80. The molecule has 2 amide bonds. The minimum absolute atomic E-state index is 0.101. The van der Waals surface area contributed by atoms with Crippen LogP contribution in [0.15, 0.2) is 58.7 Å². The van der Waals surface area contributed by atoms with Gasteiger partial charge in [0, 0.05) is 11.4 Å². The van der Waals surface area contributed by atoms with E-state index >= 15 is 0 Å². The highest BCUT2D eigenvalue weighted by atomic mass is 16.5. The third kappa shape index (κ3) is 8.22. The SMILES string of the molecule is CCCCCCOc1ccc(NC(=O)Nc2ccc(/C(C)=N/N=C(N)N)cc2)cc1. The number of benzene rings is 2. The van der Waals surface area contributed by atoms with E-state index in [0.29, 0.717) is 23.7 Å². The van der Waals surface area contributed by atoms with Crippen molar-refractivity contribution >= 4 is 29.1 Å². The Hall–Kier alpha value is -3.55. The first-order valence-corrected chi connectivity index (χ1v) is 10.0. The number of carbonyl (C=O) groups excluding carboxylic acids is 1. The minimum Gasteiger partial charge on any atom is -0.494 e. The van der Waals surface area contributed by atoms with Crippen LogP contribution in [0.2, 0.25) is 0 Å². The van der Waals surface area contributed by atoms with Gasteiger partial charge in [0.25, 0.3) is 0 Å². The van der Waals surface area contributed by atoms with E-state index in [1.807, 2.05) is 36.4 Å². The van der Waals surface area contributed by atoms with E-state index in [-0.39, 0.29) is 12.0 Å². The highest BCUT2D eigenvalue weighted by Crippen LogP contribution is 2.17. The van der Waals surface area contributed by atoms with Gasteiger partial charge in [-0.3, -0.25) is 0 Å². The minimum atomic E-state index is -0.332. The van der Waals surface area contributed by atoms with Crippen molar-refractivity contribution in [2.24, 2.45) is 21.7 Å². The maximum Gasteiger partial charge on any atom is 0.323 e. The van der Waals surface area contributed by atoms with Crippen molar-refractivity contribution in [3.8, 4) is 5.75 Å². The Balaban J connectivity index is 1.82. The monoisotopic (exact) mass is 410 g/mol. The number of urea groups is 1. The molecule has 0 spiro atoms. The van der Waals surface area contributed by atoms with E-state index in [1.54, 1.807) is 19.1 Å². The number of nitrogens with two attached hydrogens (primary N) is 2. The number of hydrogen-bond acceptors (Lipinski definition) is 4. The molecule has 2 rings (SSSR count). The molecule has 0 aliphatic carbocycles. The molecule has 160 valence electrons. The Kier molecular flexibility index (Phi) is 9.18. The lowest BCUT2D eigenvalue weighted by atomic mass is 10.1. The van der Waals surface area contributed by atoms with E-state index in [1.165, 1.54) is 19.3 Å². The quantitative estimate of drug-likeness (QED) is 0.202. The second kappa shape index (κ2) is 12.1. The van der Waals surface area contributed by atoms with E-state index in [2.05, 4.69) is 27.8 Å². The molecule has 30 heavy (non-hydrogen) atoms. The average Bonchev–Trinajstić information content (AvgIpc) is 2.73. The van der Waals surface area contributed by atoms with Gasteiger partial charge in [0.15, 0.2) is 0 Å². The number of carbonyl (C=O) groups is 1. The summed E-state index contributed by atoms with van der Waals surface area (Å²) in [5.41, 5.74) is 13.4. The van der Waals surface area contributed by atoms with E-state index in [4.69, 9.17) is 16.2 Å². The van der Waals surface area contributed by atoms with Crippen molar-refractivity contribution < 1.29 is 9.53 Å². The Morgan fingerprint density at radius 1 is 0.900 bits per heavy atom. The second-order valence-electron chi connectivity index (χ2n) is 6.80. The summed E-state index contributed by atoms with van der Waals surface area (Å²) in [5.74, 6) is 0.696. The molecule has 0 fully saturated rings. The Morgan fingerprint density at radius 3 is 2.07 bits per heavy atom. The predicted molar refractivity (Wildman–Crippen MR) is 123 cm³/mol. The van der Waals surface area contributed by atoms with Crippen LogP contribution >= 0.6 is 0 Å². The number of unbranched alkanes of at least 4 members (excludes halogenated alkanes) is 3. The summed E-state index contributed by atoms with van der Waals surface area (Å²) in [4.78, 5) is 12.2. The summed E-state index contributed by atoms with van der Waals surface area (Å²) in [7, 11) is 0. The first kappa shape index (κ1) is 22.7. The van der Waals surface area contributed by atoms with Gasteiger partial charge in [-0.25, -0.2) is 4.79 Å². The van der Waals surface area contributed by atoms with Gasteiger partial charge in [0.1, 0.15) is 5.75 Å². The number of nitrogens with zero attached hydrogens (tertiary/aromatic N) is 2. The smallest absolute Gasteiger partial charge is 0.323 e. The summed E-state index contributed by atoms with van der Waals surface area (Å²) in [6.45, 7) is 4.68. The maximum atomic E-state index is 12.2. The van der Waals surface area contributed by atoms with Crippen LogP contribution in [0, 0.1) is 0 Å². The molecule has 0 bridgehead atoms. The Labute approximate surface area is 177 Å². The standard InChI is InChI=1S/C22H30N6O2/c1-3-4-5-6-15-30-20-13-11-19(12-14-20)26-22(29)25-18-9-7-17(8-10-18)16(2)27-28-21(23)24/h7-14H,3-6,15H2,1-2H3,(H4,23,24,28)(H2,25,26,29)/b27-16+. The normalized spacial score (nSPS) is 10.9. The van der Waals surface area contributed by atoms with Gasteiger partial charge >= 0.3 is 6.03 Å². The van der Waals surface area contributed by atoms with Crippen LogP contribution in [0.1, 0.15) is 45.1 Å². The van der Waals surface area contributed by atoms with Gasteiger partial charge in [-0.05, 0) is 55.3 Å². The molecule has 2 aromatic carbocycles. The maximum absolute atomic E-state index is 12.2. The van der Waals surface area contributed by atoms with Crippen molar-refractivity contribution in [3.05, 3.63) is 54.1 Å². The number of amides is 2. The van der Waals surface area contributed by atoms with Crippen molar-refractivity contribution in [1.29, 1.82) is 0 Å². The molecule has 0 saturated heterocycles. The number of guanidine groups is 1. The van der Waals surface area contributed by atoms with E-state index in [9.17, 15) is 4.79 Å². The van der Waals surface area contributed by atoms with E-state index < -0.39 is 0 Å². The molecule has 0 atom stereocenters. The topological polar surface area (TPSA) is 127 Å². The van der Waals surface area contributed by atoms with Crippen molar-refractivity contribution in [2.75, 3.05) is 17.2 Å². The molecule has 8 heteroatoms. The molecular formula is C22H30N6O2. The van der Waals surface area contributed by atoms with Crippen molar-refractivity contribution in [3.63, 3.8) is 0 Å². The number of anilines is 2. The first-order chi connectivity index (χ1) is 14.5. The Bertz CT molecular complexity index is 856. The predicted octanol–water partition coefficient (Wildman–Crippen LogP) is 4.29. The van der Waals surface area contributed by atoms with Crippen molar-refractivity contribution in [1.82, 2.24) is 0 Å². The van der Waals surface area contributed by atoms with Gasteiger partial charge in [-0.1, -0.05) is 38.3 Å². The fourth-order valence-corrected chi connectivity index (χ4v) is 2.63. The molecule has 0 aromatic heterocycles. The lowest BCUT2D eigenvalue weighted by Crippen LogP contribution is -2.22. The fourth-order valence-electron chi connectivity index (χ4n) is 2.63. The van der Waals surface area contributed by atoms with E-state index in [0.717, 1.165) is 17.7 Å². The highest BCUT2D eigenvalue weighted by Gasteiger charge is 2.04. The third-order valence-electron chi connectivity index (χ3n) is 4.25. The van der Waals surface area contributed by atoms with Gasteiger partial charge in [0.05, 0.1) is 12.3 Å². The van der Waals surface area contributed by atoms with Gasteiger partial charge in [0.2, 0.25) is 5.96 Å². The molecule has 0 aliphatic rings. The van der Waals surface area contributed by atoms with Crippen LogP contribution in [-0.2, 0) is 0 Å². The summed E-state index contributed by atoms with van der Waals surface area (Å²) >= 11 is 0. The van der Waals surface area contributed by atoms with Crippen LogP contribution < -0.4 is 26.8 Å².